The molecule has 0 N–H and O–H groups in total. The summed E-state index contributed by atoms with van der Waals surface area (Å²) in [5.41, 5.74) is 15.3. The number of nitrogens with zero attached hydrogens (tertiary/aromatic N) is 2. The zero-order valence-electron chi connectivity index (χ0n) is 27.7. The molecular formula is C47H32N2O2. The number of fused-ring (bicyclic) bond motifs is 3. The predicted octanol–water partition coefficient (Wildman–Crippen LogP) is 11.9. The van der Waals surface area contributed by atoms with Crippen LogP contribution < -0.4 is 9.47 Å². The minimum absolute atomic E-state index is 0.141. The molecule has 0 bridgehead atoms. The number of pyridine rings is 2. The second kappa shape index (κ2) is 13.3. The van der Waals surface area contributed by atoms with E-state index in [-0.39, 0.29) is 6.79 Å². The molecule has 0 spiro atoms. The summed E-state index contributed by atoms with van der Waals surface area (Å²) in [6, 6.07) is 55.6. The average molecular weight is 657 g/mol. The molecule has 0 aliphatic carbocycles. The number of ether oxygens (including phenoxy) is 2. The van der Waals surface area contributed by atoms with Crippen LogP contribution in [0.3, 0.4) is 0 Å². The molecule has 4 nitrogen and oxygen atoms in total. The standard InChI is InChI=1S/C47H32N2O2/c1-3-9-32(10-4-1)38-21-39(33-11-5-2-6-12-33)23-40(22-38)34-15-17-46-44(27-34)45-28-35(16-18-47(45)51-31-50-46)41-24-42(36-13-7-19-48-29-36)26-43(25-41)37-14-8-20-49-30-37/h1-30H,31H2. The van der Waals surface area contributed by atoms with E-state index in [2.05, 4.69) is 156 Å². The van der Waals surface area contributed by atoms with E-state index in [0.717, 1.165) is 67.1 Å². The van der Waals surface area contributed by atoms with Crippen molar-refractivity contribution in [2.75, 3.05) is 6.79 Å². The van der Waals surface area contributed by atoms with Crippen LogP contribution >= 0.6 is 0 Å². The Labute approximate surface area is 297 Å². The van der Waals surface area contributed by atoms with E-state index in [0.29, 0.717) is 0 Å². The number of hydrogen-bond acceptors (Lipinski definition) is 4. The van der Waals surface area contributed by atoms with Crippen molar-refractivity contribution in [2.45, 2.75) is 0 Å². The number of aromatic nitrogens is 2. The molecule has 3 heterocycles. The summed E-state index contributed by atoms with van der Waals surface area (Å²) in [6.45, 7) is 0.141. The minimum Gasteiger partial charge on any atom is -0.457 e. The van der Waals surface area contributed by atoms with E-state index in [1.807, 2.05) is 24.5 Å². The zero-order chi connectivity index (χ0) is 34.0. The Bertz CT molecular complexity index is 2190. The molecule has 51 heavy (non-hydrogen) atoms. The fourth-order valence-corrected chi connectivity index (χ4v) is 6.83. The molecule has 0 fully saturated rings. The fourth-order valence-electron chi connectivity index (χ4n) is 6.83. The Morgan fingerprint density at radius 1 is 0.314 bits per heavy atom. The summed E-state index contributed by atoms with van der Waals surface area (Å²) >= 11 is 0. The molecule has 2 aromatic heterocycles. The third kappa shape index (κ3) is 6.16. The Morgan fingerprint density at radius 3 is 1.08 bits per heavy atom. The maximum Gasteiger partial charge on any atom is 0.230 e. The van der Waals surface area contributed by atoms with Gasteiger partial charge in [-0.3, -0.25) is 9.97 Å². The summed E-state index contributed by atoms with van der Waals surface area (Å²) < 4.78 is 12.3. The van der Waals surface area contributed by atoms with Crippen LogP contribution in [-0.4, -0.2) is 16.8 Å². The monoisotopic (exact) mass is 656 g/mol. The summed E-state index contributed by atoms with van der Waals surface area (Å²) in [5.74, 6) is 1.57. The van der Waals surface area contributed by atoms with E-state index < -0.39 is 0 Å². The van der Waals surface area contributed by atoms with Gasteiger partial charge in [-0.2, -0.15) is 0 Å². The van der Waals surface area contributed by atoms with Crippen LogP contribution in [0.25, 0.3) is 77.9 Å². The second-order valence-corrected chi connectivity index (χ2v) is 12.6. The average Bonchev–Trinajstić information content (AvgIpc) is 3.40. The van der Waals surface area contributed by atoms with Gasteiger partial charge in [0.15, 0.2) is 0 Å². The van der Waals surface area contributed by atoms with E-state index >= 15 is 0 Å². The van der Waals surface area contributed by atoms with Crippen molar-refractivity contribution in [1.29, 1.82) is 0 Å². The first-order chi connectivity index (χ1) is 25.2. The molecule has 0 saturated carbocycles. The summed E-state index contributed by atoms with van der Waals surface area (Å²) in [5, 5.41) is 0. The molecule has 0 amide bonds. The third-order valence-corrected chi connectivity index (χ3v) is 9.41. The first-order valence-corrected chi connectivity index (χ1v) is 17.0. The first-order valence-electron chi connectivity index (χ1n) is 17.0. The zero-order valence-corrected chi connectivity index (χ0v) is 27.7. The summed E-state index contributed by atoms with van der Waals surface area (Å²) in [4.78, 5) is 8.79. The predicted molar refractivity (Wildman–Crippen MR) is 206 cm³/mol. The highest BCUT2D eigenvalue weighted by Crippen LogP contribution is 2.44. The van der Waals surface area contributed by atoms with Gasteiger partial charge in [0, 0.05) is 47.0 Å². The Balaban J connectivity index is 1.18. The van der Waals surface area contributed by atoms with E-state index in [1.165, 1.54) is 22.3 Å². The van der Waals surface area contributed by atoms with Crippen LogP contribution in [0.5, 0.6) is 11.5 Å². The number of rotatable bonds is 6. The van der Waals surface area contributed by atoms with Gasteiger partial charge in [-0.05, 0) is 128 Å². The van der Waals surface area contributed by atoms with E-state index in [1.54, 1.807) is 12.4 Å². The highest BCUT2D eigenvalue weighted by Gasteiger charge is 2.20. The molecule has 4 heteroatoms. The van der Waals surface area contributed by atoms with Crippen molar-refractivity contribution >= 4 is 0 Å². The highest BCUT2D eigenvalue weighted by molar-refractivity contribution is 5.88. The van der Waals surface area contributed by atoms with Gasteiger partial charge in [-0.25, -0.2) is 0 Å². The van der Waals surface area contributed by atoms with Crippen LogP contribution in [0, 0.1) is 0 Å². The Kier molecular flexibility index (Phi) is 7.88. The topological polar surface area (TPSA) is 44.2 Å². The van der Waals surface area contributed by atoms with Crippen molar-refractivity contribution < 1.29 is 9.47 Å². The van der Waals surface area contributed by atoms with E-state index in [9.17, 15) is 0 Å². The molecule has 6 aromatic carbocycles. The molecule has 8 aromatic rings. The first kappa shape index (κ1) is 30.3. The van der Waals surface area contributed by atoms with Crippen molar-refractivity contribution in [3.63, 3.8) is 0 Å². The minimum atomic E-state index is 0.141. The lowest BCUT2D eigenvalue weighted by Gasteiger charge is -2.15. The van der Waals surface area contributed by atoms with Gasteiger partial charge < -0.3 is 9.47 Å². The molecule has 0 atom stereocenters. The summed E-state index contributed by atoms with van der Waals surface area (Å²) in [7, 11) is 0. The molecule has 0 unspecified atom stereocenters. The van der Waals surface area contributed by atoms with Crippen LogP contribution in [0.4, 0.5) is 0 Å². The second-order valence-electron chi connectivity index (χ2n) is 12.6. The van der Waals surface area contributed by atoms with Crippen LogP contribution in [0.15, 0.2) is 183 Å². The van der Waals surface area contributed by atoms with Crippen LogP contribution in [-0.2, 0) is 0 Å². The van der Waals surface area contributed by atoms with E-state index in [4.69, 9.17) is 9.47 Å². The van der Waals surface area contributed by atoms with Crippen molar-refractivity contribution in [3.05, 3.63) is 183 Å². The highest BCUT2D eigenvalue weighted by atomic mass is 16.7. The maximum atomic E-state index is 6.17. The van der Waals surface area contributed by atoms with Gasteiger partial charge in [0.05, 0.1) is 0 Å². The molecule has 0 radical (unpaired) electrons. The van der Waals surface area contributed by atoms with Gasteiger partial charge in [0.1, 0.15) is 11.5 Å². The van der Waals surface area contributed by atoms with Crippen molar-refractivity contribution in [1.82, 2.24) is 9.97 Å². The van der Waals surface area contributed by atoms with Gasteiger partial charge >= 0.3 is 0 Å². The summed E-state index contributed by atoms with van der Waals surface area (Å²) in [6.07, 6.45) is 7.41. The quantitative estimate of drug-likeness (QED) is 0.179. The lowest BCUT2D eigenvalue weighted by Crippen LogP contribution is -2.03. The van der Waals surface area contributed by atoms with Gasteiger partial charge in [0.2, 0.25) is 6.79 Å². The molecule has 9 rings (SSSR count). The van der Waals surface area contributed by atoms with Crippen molar-refractivity contribution in [3.8, 4) is 89.4 Å². The normalized spacial score (nSPS) is 11.8. The maximum absolute atomic E-state index is 6.17. The lowest BCUT2D eigenvalue weighted by molar-refractivity contribution is 0.125. The smallest absolute Gasteiger partial charge is 0.230 e. The molecule has 0 saturated heterocycles. The fraction of sp³-hybridized carbons (Fsp3) is 0.0213. The molecular weight excluding hydrogens is 625 g/mol. The molecule has 1 aliphatic rings. The Morgan fingerprint density at radius 2 is 0.686 bits per heavy atom. The van der Waals surface area contributed by atoms with Gasteiger partial charge in [-0.15, -0.1) is 0 Å². The number of hydrogen-bond donors (Lipinski definition) is 0. The van der Waals surface area contributed by atoms with Crippen LogP contribution in [0.1, 0.15) is 0 Å². The Hall–Kier alpha value is -6.78. The van der Waals surface area contributed by atoms with Gasteiger partial charge in [0.25, 0.3) is 0 Å². The number of benzene rings is 6. The lowest BCUT2D eigenvalue weighted by atomic mass is 9.90. The van der Waals surface area contributed by atoms with Crippen LogP contribution in [0.2, 0.25) is 0 Å². The SMILES string of the molecule is c1ccc(-c2cc(-c3ccccc3)cc(-c3ccc4c(c3)-c3cc(-c5cc(-c6cccnc6)cc(-c6cccnc6)c5)ccc3OCO4)c2)cc1. The third-order valence-electron chi connectivity index (χ3n) is 9.41. The van der Waals surface area contributed by atoms with Gasteiger partial charge in [-0.1, -0.05) is 84.9 Å². The molecule has 242 valence electrons. The molecule has 1 aliphatic heterocycles. The van der Waals surface area contributed by atoms with Crippen molar-refractivity contribution in [2.24, 2.45) is 0 Å². The largest absolute Gasteiger partial charge is 0.457 e.